The number of hydrogen-bond acceptors (Lipinski definition) is 5. The summed E-state index contributed by atoms with van der Waals surface area (Å²) in [5.74, 6) is 2.10. The molecule has 0 saturated carbocycles. The van der Waals surface area contributed by atoms with Gasteiger partial charge < -0.3 is 24.5 Å². The number of benzene rings is 2. The van der Waals surface area contributed by atoms with Crippen molar-refractivity contribution in [1.82, 2.24) is 9.55 Å². The molecule has 2 N–H and O–H groups in total. The lowest BCUT2D eigenvalue weighted by molar-refractivity contribution is -0.137. The fraction of sp³-hybridized carbons (Fsp3) is 0.333. The van der Waals surface area contributed by atoms with Gasteiger partial charge in [0.25, 0.3) is 0 Å². The van der Waals surface area contributed by atoms with Crippen LogP contribution in [0.15, 0.2) is 66.9 Å². The maximum Gasteiger partial charge on any atom is 0.305 e. The first-order chi connectivity index (χ1) is 18.1. The Balaban J connectivity index is 0.000000260. The van der Waals surface area contributed by atoms with Crippen LogP contribution < -0.4 is 14.8 Å². The smallest absolute Gasteiger partial charge is 0.305 e. The van der Waals surface area contributed by atoms with E-state index < -0.39 is 5.97 Å². The fourth-order valence-electron chi connectivity index (χ4n) is 4.87. The number of aliphatic carboxylic acids is 1. The molecule has 2 aromatic carbocycles. The zero-order valence-electron chi connectivity index (χ0n) is 21.2. The quantitative estimate of drug-likeness (QED) is 0.341. The van der Waals surface area contributed by atoms with Crippen molar-refractivity contribution in [2.45, 2.75) is 45.1 Å². The molecule has 0 spiro atoms. The third kappa shape index (κ3) is 6.05. The molecule has 0 bridgehead atoms. The van der Waals surface area contributed by atoms with Crippen LogP contribution >= 0.6 is 0 Å². The summed E-state index contributed by atoms with van der Waals surface area (Å²) < 4.78 is 13.2. The van der Waals surface area contributed by atoms with Crippen LogP contribution in [-0.4, -0.2) is 40.4 Å². The topological polar surface area (TPSA) is 85.6 Å². The second-order valence-electron chi connectivity index (χ2n) is 9.54. The Morgan fingerprint density at radius 2 is 2.03 bits per heavy atom. The molecule has 1 atom stereocenters. The summed E-state index contributed by atoms with van der Waals surface area (Å²) in [5.41, 5.74) is 4.69. The van der Waals surface area contributed by atoms with Crippen LogP contribution in [-0.2, 0) is 24.1 Å². The average Bonchev–Trinajstić information content (AvgIpc) is 3.56. The molecule has 4 heterocycles. The molecule has 7 heteroatoms. The Bertz CT molecular complexity index is 1360. The molecule has 2 aliphatic rings. The predicted molar refractivity (Wildman–Crippen MR) is 145 cm³/mol. The molecule has 192 valence electrons. The second kappa shape index (κ2) is 11.4. The number of carboxylic acids is 1. The highest BCUT2D eigenvalue weighted by molar-refractivity contribution is 5.82. The van der Waals surface area contributed by atoms with Crippen molar-refractivity contribution >= 4 is 22.7 Å². The lowest BCUT2D eigenvalue weighted by Crippen LogP contribution is -2.14. The molecule has 0 saturated heterocycles. The van der Waals surface area contributed by atoms with Gasteiger partial charge in [0, 0.05) is 48.2 Å². The minimum Gasteiger partial charge on any atom is -0.493 e. The number of para-hydroxylation sites is 1. The minimum absolute atomic E-state index is 0.0922. The van der Waals surface area contributed by atoms with Crippen LogP contribution in [0, 0.1) is 0 Å². The molecule has 2 aromatic heterocycles. The third-order valence-corrected chi connectivity index (χ3v) is 6.82. The Hall–Kier alpha value is -4.00. The van der Waals surface area contributed by atoms with E-state index in [9.17, 15) is 4.79 Å². The van der Waals surface area contributed by atoms with Crippen LogP contribution in [0.25, 0.3) is 10.9 Å². The van der Waals surface area contributed by atoms with Crippen molar-refractivity contribution in [3.05, 3.63) is 83.7 Å². The first kappa shape index (κ1) is 24.7. The van der Waals surface area contributed by atoms with Gasteiger partial charge in [-0.3, -0.25) is 4.79 Å². The average molecular weight is 500 g/mol. The molecular formula is C30H33N3O4. The summed E-state index contributed by atoms with van der Waals surface area (Å²) in [4.78, 5) is 15.7. The summed E-state index contributed by atoms with van der Waals surface area (Å²) >= 11 is 0. The molecule has 2 aliphatic heterocycles. The number of hydrogen-bond donors (Lipinski definition) is 2. The van der Waals surface area contributed by atoms with Crippen molar-refractivity contribution in [3.63, 3.8) is 0 Å². The third-order valence-electron chi connectivity index (χ3n) is 6.82. The highest BCUT2D eigenvalue weighted by Gasteiger charge is 2.13. The molecule has 0 amide bonds. The van der Waals surface area contributed by atoms with Gasteiger partial charge in [-0.05, 0) is 67.3 Å². The SMILES string of the molecule is CC(CC(=O)O)n1ccc2cc(OCCc3ccc4c(n3)NCCC4)ccc21.c1ccc2c(c1)CCO2. The largest absolute Gasteiger partial charge is 0.493 e. The van der Waals surface area contributed by atoms with Crippen molar-refractivity contribution in [2.75, 3.05) is 25.1 Å². The van der Waals surface area contributed by atoms with Gasteiger partial charge >= 0.3 is 5.97 Å². The van der Waals surface area contributed by atoms with Crippen LogP contribution in [0.4, 0.5) is 5.82 Å². The molecule has 37 heavy (non-hydrogen) atoms. The number of nitrogens with zero attached hydrogens (tertiary/aromatic N) is 2. The van der Waals surface area contributed by atoms with Gasteiger partial charge in [0.2, 0.25) is 0 Å². The Morgan fingerprint density at radius 3 is 2.89 bits per heavy atom. The maximum absolute atomic E-state index is 11.0. The first-order valence-electron chi connectivity index (χ1n) is 13.0. The zero-order valence-corrected chi connectivity index (χ0v) is 21.2. The van der Waals surface area contributed by atoms with Crippen molar-refractivity contribution in [2.24, 2.45) is 0 Å². The lowest BCUT2D eigenvalue weighted by Gasteiger charge is -2.17. The number of pyridine rings is 1. The van der Waals surface area contributed by atoms with E-state index in [4.69, 9.17) is 19.6 Å². The summed E-state index contributed by atoms with van der Waals surface area (Å²) in [6.07, 6.45) is 6.13. The van der Waals surface area contributed by atoms with E-state index in [-0.39, 0.29) is 12.5 Å². The number of rotatable bonds is 7. The number of aromatic nitrogens is 2. The van der Waals surface area contributed by atoms with Crippen molar-refractivity contribution in [3.8, 4) is 11.5 Å². The van der Waals surface area contributed by atoms with E-state index in [2.05, 4.69) is 23.5 Å². The maximum atomic E-state index is 11.0. The van der Waals surface area contributed by atoms with Gasteiger partial charge in [-0.15, -0.1) is 0 Å². The van der Waals surface area contributed by atoms with E-state index in [1.807, 2.05) is 60.2 Å². The van der Waals surface area contributed by atoms with E-state index in [1.54, 1.807) is 0 Å². The lowest BCUT2D eigenvalue weighted by atomic mass is 10.1. The van der Waals surface area contributed by atoms with E-state index in [0.717, 1.165) is 72.7 Å². The molecule has 0 aliphatic carbocycles. The van der Waals surface area contributed by atoms with Gasteiger partial charge in [0.1, 0.15) is 17.3 Å². The van der Waals surface area contributed by atoms with Crippen molar-refractivity contribution < 1.29 is 19.4 Å². The zero-order chi connectivity index (χ0) is 25.6. The van der Waals surface area contributed by atoms with Crippen molar-refractivity contribution in [1.29, 1.82) is 0 Å². The van der Waals surface area contributed by atoms with E-state index >= 15 is 0 Å². The summed E-state index contributed by atoms with van der Waals surface area (Å²) in [7, 11) is 0. The van der Waals surface area contributed by atoms with Gasteiger partial charge in [-0.25, -0.2) is 4.98 Å². The van der Waals surface area contributed by atoms with Crippen LogP contribution in [0.3, 0.4) is 0 Å². The van der Waals surface area contributed by atoms with Gasteiger partial charge in [0.05, 0.1) is 19.6 Å². The van der Waals surface area contributed by atoms with Gasteiger partial charge in [-0.1, -0.05) is 24.3 Å². The molecule has 7 nitrogen and oxygen atoms in total. The fourth-order valence-corrected chi connectivity index (χ4v) is 4.87. The molecular weight excluding hydrogens is 466 g/mol. The number of carbonyl (C=O) groups is 1. The molecule has 1 unspecified atom stereocenters. The standard InChI is InChI=1S/C22H25N3O3.C8H8O/c1-15(13-21(26)27)25-11-8-17-14-19(6-7-20(17)25)28-12-9-18-5-4-16-3-2-10-23-22(16)24-18;1-2-4-8-7(3-1)5-6-9-8/h4-8,11,14-15H,2-3,9-10,12-13H2,1H3,(H,23,24)(H,26,27);1-4H,5-6H2. The highest BCUT2D eigenvalue weighted by atomic mass is 16.5. The molecule has 0 fully saturated rings. The van der Waals surface area contributed by atoms with E-state index in [0.29, 0.717) is 6.61 Å². The summed E-state index contributed by atoms with van der Waals surface area (Å²) in [6.45, 7) is 4.33. The van der Waals surface area contributed by atoms with Crippen LogP contribution in [0.1, 0.15) is 42.6 Å². The highest BCUT2D eigenvalue weighted by Crippen LogP contribution is 2.26. The molecule has 0 radical (unpaired) electrons. The normalized spacial score (nSPS) is 14.4. The Morgan fingerprint density at radius 1 is 1.14 bits per heavy atom. The summed E-state index contributed by atoms with van der Waals surface area (Å²) in [6, 6.07) is 20.3. The number of carboxylic acid groups (broad SMARTS) is 1. The molecule has 6 rings (SSSR count). The number of fused-ring (bicyclic) bond motifs is 3. The Labute approximate surface area is 217 Å². The van der Waals surface area contributed by atoms with Gasteiger partial charge in [0.15, 0.2) is 0 Å². The van der Waals surface area contributed by atoms with Crippen LogP contribution in [0.5, 0.6) is 11.5 Å². The van der Waals surface area contributed by atoms with Gasteiger partial charge in [-0.2, -0.15) is 0 Å². The number of aryl methyl sites for hydroxylation is 1. The summed E-state index contributed by atoms with van der Waals surface area (Å²) in [5, 5.41) is 13.4. The first-order valence-corrected chi connectivity index (χ1v) is 13.0. The second-order valence-corrected chi connectivity index (χ2v) is 9.54. The van der Waals surface area contributed by atoms with E-state index in [1.165, 1.54) is 11.1 Å². The number of ether oxygens (including phenoxy) is 2. The molecule has 4 aromatic rings. The van der Waals surface area contributed by atoms with Crippen LogP contribution in [0.2, 0.25) is 0 Å². The minimum atomic E-state index is -0.791. The predicted octanol–water partition coefficient (Wildman–Crippen LogP) is 5.67. The number of anilines is 1. The Kier molecular flexibility index (Phi) is 7.59. The number of nitrogens with one attached hydrogen (secondary N) is 1. The monoisotopic (exact) mass is 499 g/mol.